The molecule has 2 saturated heterocycles. The molecule has 2 heterocycles. The van der Waals surface area contributed by atoms with Crippen molar-refractivity contribution in [3.8, 4) is 0 Å². The van der Waals surface area contributed by atoms with E-state index in [0.717, 1.165) is 58.9 Å². The molecule has 1 unspecified atom stereocenters. The van der Waals surface area contributed by atoms with E-state index in [1.165, 1.54) is 0 Å². The summed E-state index contributed by atoms with van der Waals surface area (Å²) in [5.74, 6) is 0. The van der Waals surface area contributed by atoms with E-state index < -0.39 is 0 Å². The van der Waals surface area contributed by atoms with Crippen LogP contribution in [0, 0.1) is 0 Å². The van der Waals surface area contributed by atoms with E-state index in [1.807, 2.05) is 0 Å². The molecule has 0 aromatic rings. The fourth-order valence-electron chi connectivity index (χ4n) is 2.79. The summed E-state index contributed by atoms with van der Waals surface area (Å²) in [5.41, 5.74) is 0. The SMILES string of the molecule is CC(N1CCNCC1)N1CCN(CCO)CC1. The van der Waals surface area contributed by atoms with Gasteiger partial charge in [-0.1, -0.05) is 0 Å². The third-order valence-electron chi connectivity index (χ3n) is 4.03. The summed E-state index contributed by atoms with van der Waals surface area (Å²) in [6, 6.07) is 0. The van der Waals surface area contributed by atoms with Crippen LogP contribution in [-0.4, -0.2) is 91.5 Å². The Hall–Kier alpha value is -0.200. The summed E-state index contributed by atoms with van der Waals surface area (Å²) in [5, 5.41) is 12.3. The van der Waals surface area contributed by atoms with Gasteiger partial charge in [0.05, 0.1) is 12.8 Å². The van der Waals surface area contributed by atoms with Crippen LogP contribution in [0.2, 0.25) is 0 Å². The molecular formula is C12H26N4O. The molecule has 5 nitrogen and oxygen atoms in total. The van der Waals surface area contributed by atoms with Crippen LogP contribution >= 0.6 is 0 Å². The second-order valence-electron chi connectivity index (χ2n) is 5.02. The average Bonchev–Trinajstić information content (AvgIpc) is 2.40. The van der Waals surface area contributed by atoms with Crippen molar-refractivity contribution >= 4 is 0 Å². The van der Waals surface area contributed by atoms with Crippen molar-refractivity contribution in [3.63, 3.8) is 0 Å². The Balaban J connectivity index is 1.75. The molecule has 0 aromatic carbocycles. The normalized spacial score (nSPS) is 27.2. The van der Waals surface area contributed by atoms with E-state index in [4.69, 9.17) is 5.11 Å². The van der Waals surface area contributed by atoms with E-state index in [0.29, 0.717) is 6.17 Å². The predicted octanol–water partition coefficient (Wildman–Crippen LogP) is -1.15. The number of nitrogens with one attached hydrogen (secondary N) is 1. The third kappa shape index (κ3) is 3.63. The van der Waals surface area contributed by atoms with Gasteiger partial charge >= 0.3 is 0 Å². The highest BCUT2D eigenvalue weighted by atomic mass is 16.3. The Kier molecular flexibility index (Phi) is 5.18. The van der Waals surface area contributed by atoms with Gasteiger partial charge in [0.25, 0.3) is 0 Å². The van der Waals surface area contributed by atoms with E-state index >= 15 is 0 Å². The van der Waals surface area contributed by atoms with Gasteiger partial charge in [-0.25, -0.2) is 0 Å². The highest BCUT2D eigenvalue weighted by molar-refractivity contribution is 4.79. The maximum atomic E-state index is 8.93. The Bertz CT molecular complexity index is 213. The first kappa shape index (κ1) is 13.2. The lowest BCUT2D eigenvalue weighted by Gasteiger charge is -2.43. The lowest BCUT2D eigenvalue weighted by molar-refractivity contribution is 0.00894. The maximum Gasteiger partial charge on any atom is 0.0595 e. The number of rotatable bonds is 4. The van der Waals surface area contributed by atoms with Gasteiger partial charge in [-0.3, -0.25) is 14.7 Å². The Morgan fingerprint density at radius 2 is 1.59 bits per heavy atom. The van der Waals surface area contributed by atoms with Crippen LogP contribution in [0.5, 0.6) is 0 Å². The molecule has 2 fully saturated rings. The fourth-order valence-corrected chi connectivity index (χ4v) is 2.79. The molecule has 1 atom stereocenters. The van der Waals surface area contributed by atoms with Crippen molar-refractivity contribution in [2.45, 2.75) is 13.1 Å². The first-order valence-electron chi connectivity index (χ1n) is 6.83. The zero-order valence-electron chi connectivity index (χ0n) is 10.9. The van der Waals surface area contributed by atoms with Crippen molar-refractivity contribution in [2.75, 3.05) is 65.5 Å². The van der Waals surface area contributed by atoms with Crippen LogP contribution in [-0.2, 0) is 0 Å². The number of hydrogen-bond acceptors (Lipinski definition) is 5. The predicted molar refractivity (Wildman–Crippen MR) is 69.0 cm³/mol. The van der Waals surface area contributed by atoms with Crippen LogP contribution < -0.4 is 5.32 Å². The first-order valence-corrected chi connectivity index (χ1v) is 6.83. The zero-order valence-corrected chi connectivity index (χ0v) is 10.9. The van der Waals surface area contributed by atoms with E-state index in [-0.39, 0.29) is 6.61 Å². The molecule has 2 aliphatic rings. The number of aliphatic hydroxyl groups is 1. The van der Waals surface area contributed by atoms with Gasteiger partial charge in [0.15, 0.2) is 0 Å². The van der Waals surface area contributed by atoms with Crippen molar-refractivity contribution in [2.24, 2.45) is 0 Å². The van der Waals surface area contributed by atoms with Crippen molar-refractivity contribution in [1.82, 2.24) is 20.0 Å². The number of β-amino-alcohol motifs (C(OH)–C–C–N with tert-alkyl or cyclic N) is 1. The molecule has 100 valence electrons. The van der Waals surface area contributed by atoms with E-state index in [1.54, 1.807) is 0 Å². The first-order chi connectivity index (χ1) is 8.31. The Labute approximate surface area is 104 Å². The minimum atomic E-state index is 0.285. The molecule has 17 heavy (non-hydrogen) atoms. The molecule has 2 aliphatic heterocycles. The summed E-state index contributed by atoms with van der Waals surface area (Å²) in [7, 11) is 0. The Morgan fingerprint density at radius 1 is 1.00 bits per heavy atom. The summed E-state index contributed by atoms with van der Waals surface area (Å²) in [6.07, 6.45) is 0.563. The average molecular weight is 242 g/mol. The molecule has 0 saturated carbocycles. The molecule has 0 aromatic heterocycles. The number of piperazine rings is 2. The fraction of sp³-hybridized carbons (Fsp3) is 1.00. The zero-order chi connectivity index (χ0) is 12.1. The van der Waals surface area contributed by atoms with Gasteiger partial charge in [-0.15, -0.1) is 0 Å². The number of hydrogen-bond donors (Lipinski definition) is 2. The smallest absolute Gasteiger partial charge is 0.0595 e. The van der Waals surface area contributed by atoms with Gasteiger partial charge in [0.2, 0.25) is 0 Å². The highest BCUT2D eigenvalue weighted by Gasteiger charge is 2.25. The molecular weight excluding hydrogens is 216 g/mol. The summed E-state index contributed by atoms with van der Waals surface area (Å²) >= 11 is 0. The monoisotopic (exact) mass is 242 g/mol. The number of aliphatic hydroxyl groups excluding tert-OH is 1. The van der Waals surface area contributed by atoms with Crippen LogP contribution in [0.15, 0.2) is 0 Å². The molecule has 0 bridgehead atoms. The number of nitrogens with zero attached hydrogens (tertiary/aromatic N) is 3. The Morgan fingerprint density at radius 3 is 2.18 bits per heavy atom. The van der Waals surface area contributed by atoms with Gasteiger partial charge in [0.1, 0.15) is 0 Å². The van der Waals surface area contributed by atoms with Crippen LogP contribution in [0.3, 0.4) is 0 Å². The third-order valence-corrected chi connectivity index (χ3v) is 4.03. The minimum Gasteiger partial charge on any atom is -0.395 e. The largest absolute Gasteiger partial charge is 0.395 e. The summed E-state index contributed by atoms with van der Waals surface area (Å²) in [6.45, 7) is 12.5. The van der Waals surface area contributed by atoms with Crippen LogP contribution in [0.4, 0.5) is 0 Å². The molecule has 0 aliphatic carbocycles. The second kappa shape index (κ2) is 6.66. The summed E-state index contributed by atoms with van der Waals surface area (Å²) < 4.78 is 0. The standard InChI is InChI=1S/C12H26N4O/c1-12(15-4-2-13-3-5-15)16-8-6-14(7-9-16)10-11-17/h12-13,17H,2-11H2,1H3. The molecule has 0 radical (unpaired) electrons. The minimum absolute atomic E-state index is 0.285. The highest BCUT2D eigenvalue weighted by Crippen LogP contribution is 2.10. The molecule has 5 heteroatoms. The van der Waals surface area contributed by atoms with Gasteiger partial charge in [-0.2, -0.15) is 0 Å². The van der Waals surface area contributed by atoms with Gasteiger partial charge in [-0.05, 0) is 6.92 Å². The van der Waals surface area contributed by atoms with E-state index in [9.17, 15) is 0 Å². The lowest BCUT2D eigenvalue weighted by atomic mass is 10.2. The quantitative estimate of drug-likeness (QED) is 0.651. The maximum absolute atomic E-state index is 8.93. The second-order valence-corrected chi connectivity index (χ2v) is 5.02. The van der Waals surface area contributed by atoms with Crippen LogP contribution in [0.25, 0.3) is 0 Å². The van der Waals surface area contributed by atoms with Gasteiger partial charge < -0.3 is 10.4 Å². The van der Waals surface area contributed by atoms with Crippen molar-refractivity contribution in [1.29, 1.82) is 0 Å². The molecule has 0 spiro atoms. The van der Waals surface area contributed by atoms with Crippen molar-refractivity contribution < 1.29 is 5.11 Å². The lowest BCUT2D eigenvalue weighted by Crippen LogP contribution is -2.58. The van der Waals surface area contributed by atoms with Gasteiger partial charge in [0, 0.05) is 58.9 Å². The van der Waals surface area contributed by atoms with Crippen molar-refractivity contribution in [3.05, 3.63) is 0 Å². The topological polar surface area (TPSA) is 42.0 Å². The van der Waals surface area contributed by atoms with Crippen LogP contribution in [0.1, 0.15) is 6.92 Å². The molecule has 2 rings (SSSR count). The molecule has 0 amide bonds. The molecule has 2 N–H and O–H groups in total. The van der Waals surface area contributed by atoms with E-state index in [2.05, 4.69) is 26.9 Å². The summed E-state index contributed by atoms with van der Waals surface area (Å²) in [4.78, 5) is 7.48.